The normalized spacial score (nSPS) is 10.7. The van der Waals surface area contributed by atoms with Gasteiger partial charge < -0.3 is 15.4 Å². The first-order valence-corrected chi connectivity index (χ1v) is 5.91. The highest BCUT2D eigenvalue weighted by atomic mass is 16.3. The molecular weight excluding hydrogens is 224 g/mol. The molecule has 3 aromatic rings. The molecule has 0 saturated carbocycles. The number of hydrogen-bond donors (Lipinski definition) is 3. The van der Waals surface area contributed by atoms with Gasteiger partial charge in [0, 0.05) is 23.6 Å². The Morgan fingerprint density at radius 2 is 1.78 bits per heavy atom. The molecule has 0 aliphatic carbocycles. The van der Waals surface area contributed by atoms with Gasteiger partial charge in [0.25, 0.3) is 0 Å². The van der Waals surface area contributed by atoms with E-state index in [0.29, 0.717) is 6.54 Å². The summed E-state index contributed by atoms with van der Waals surface area (Å²) in [5, 5.41) is 14.1. The number of benzene rings is 2. The van der Waals surface area contributed by atoms with Gasteiger partial charge in [-0.1, -0.05) is 30.3 Å². The van der Waals surface area contributed by atoms with Crippen molar-refractivity contribution in [3.8, 4) is 5.75 Å². The third-order valence-electron chi connectivity index (χ3n) is 3.05. The first kappa shape index (κ1) is 10.7. The number of hydrogen-bond acceptors (Lipinski definition) is 2. The number of aromatic amines is 1. The Kier molecular flexibility index (Phi) is 2.65. The van der Waals surface area contributed by atoms with Crippen molar-refractivity contribution in [3.05, 3.63) is 60.3 Å². The van der Waals surface area contributed by atoms with E-state index in [9.17, 15) is 5.11 Å². The van der Waals surface area contributed by atoms with Gasteiger partial charge in [-0.2, -0.15) is 0 Å². The number of nitrogens with one attached hydrogen (secondary N) is 2. The highest BCUT2D eigenvalue weighted by Gasteiger charge is 2.03. The van der Waals surface area contributed by atoms with Crippen LogP contribution in [0.25, 0.3) is 10.9 Å². The second-order valence-electron chi connectivity index (χ2n) is 4.23. The third-order valence-corrected chi connectivity index (χ3v) is 3.05. The topological polar surface area (TPSA) is 48.0 Å². The molecule has 3 heteroatoms. The standard InChI is InChI=1S/C15H14N2O/c18-15-8-4-3-7-14(15)17-10-11-9-16-13-6-2-1-5-12(11)13/h1-9,16-18H,10H2. The van der Waals surface area contributed by atoms with Gasteiger partial charge in [0.05, 0.1) is 5.69 Å². The molecule has 0 radical (unpaired) electrons. The molecule has 0 aliphatic heterocycles. The van der Waals surface area contributed by atoms with E-state index in [2.05, 4.69) is 22.4 Å². The minimum absolute atomic E-state index is 0.275. The quantitative estimate of drug-likeness (QED) is 0.612. The van der Waals surface area contributed by atoms with Crippen LogP contribution in [0.1, 0.15) is 5.56 Å². The Morgan fingerprint density at radius 1 is 1.00 bits per heavy atom. The molecule has 0 aliphatic rings. The number of fused-ring (bicyclic) bond motifs is 1. The van der Waals surface area contributed by atoms with Crippen LogP contribution >= 0.6 is 0 Å². The second kappa shape index (κ2) is 4.45. The zero-order valence-electron chi connectivity index (χ0n) is 9.85. The van der Waals surface area contributed by atoms with E-state index in [1.165, 1.54) is 10.9 Å². The predicted octanol–water partition coefficient (Wildman–Crippen LogP) is 3.49. The van der Waals surface area contributed by atoms with Crippen LogP contribution in [0.4, 0.5) is 5.69 Å². The third kappa shape index (κ3) is 1.91. The summed E-state index contributed by atoms with van der Waals surface area (Å²) in [6, 6.07) is 15.4. The smallest absolute Gasteiger partial charge is 0.138 e. The summed E-state index contributed by atoms with van der Waals surface area (Å²) in [4.78, 5) is 3.24. The highest BCUT2D eigenvalue weighted by Crippen LogP contribution is 2.24. The molecule has 90 valence electrons. The second-order valence-corrected chi connectivity index (χ2v) is 4.23. The number of H-pyrrole nitrogens is 1. The molecule has 0 spiro atoms. The molecule has 1 heterocycles. The van der Waals surface area contributed by atoms with Gasteiger partial charge in [-0.05, 0) is 23.8 Å². The van der Waals surface area contributed by atoms with Gasteiger partial charge in [-0.25, -0.2) is 0 Å². The van der Waals surface area contributed by atoms with Gasteiger partial charge in [-0.15, -0.1) is 0 Å². The monoisotopic (exact) mass is 238 g/mol. The van der Waals surface area contributed by atoms with Crippen molar-refractivity contribution >= 4 is 16.6 Å². The van der Waals surface area contributed by atoms with E-state index in [-0.39, 0.29) is 5.75 Å². The molecule has 3 rings (SSSR count). The molecule has 0 fully saturated rings. The van der Waals surface area contributed by atoms with Crippen LogP contribution < -0.4 is 5.32 Å². The van der Waals surface area contributed by atoms with Crippen molar-refractivity contribution in [2.24, 2.45) is 0 Å². The Hall–Kier alpha value is -2.42. The molecule has 0 unspecified atom stereocenters. The lowest BCUT2D eigenvalue weighted by Crippen LogP contribution is -1.98. The number of rotatable bonds is 3. The van der Waals surface area contributed by atoms with E-state index >= 15 is 0 Å². The maximum Gasteiger partial charge on any atom is 0.138 e. The molecule has 18 heavy (non-hydrogen) atoms. The fourth-order valence-electron chi connectivity index (χ4n) is 2.09. The van der Waals surface area contributed by atoms with Gasteiger partial charge in [0.2, 0.25) is 0 Å². The molecule has 3 N–H and O–H groups in total. The number of phenols is 1. The fourth-order valence-corrected chi connectivity index (χ4v) is 2.09. The van der Waals surface area contributed by atoms with Crippen LogP contribution in [0.5, 0.6) is 5.75 Å². The van der Waals surface area contributed by atoms with Gasteiger partial charge >= 0.3 is 0 Å². The summed E-state index contributed by atoms with van der Waals surface area (Å²) < 4.78 is 0. The van der Waals surface area contributed by atoms with Gasteiger partial charge in [0.15, 0.2) is 0 Å². The average Bonchev–Trinajstić information content (AvgIpc) is 2.81. The largest absolute Gasteiger partial charge is 0.506 e. The van der Waals surface area contributed by atoms with Crippen LogP contribution in [0.15, 0.2) is 54.7 Å². The fraction of sp³-hybridized carbons (Fsp3) is 0.0667. The van der Waals surface area contributed by atoms with Gasteiger partial charge in [-0.3, -0.25) is 0 Å². The first-order chi connectivity index (χ1) is 8.84. The molecule has 0 atom stereocenters. The van der Waals surface area contributed by atoms with Crippen molar-refractivity contribution in [3.63, 3.8) is 0 Å². The summed E-state index contributed by atoms with van der Waals surface area (Å²) in [6.45, 7) is 0.682. The number of aromatic hydroxyl groups is 1. The lowest BCUT2D eigenvalue weighted by molar-refractivity contribution is 0.477. The Bertz CT molecular complexity index is 673. The zero-order valence-corrected chi connectivity index (χ0v) is 9.85. The summed E-state index contributed by atoms with van der Waals surface area (Å²) in [7, 11) is 0. The lowest BCUT2D eigenvalue weighted by atomic mass is 10.1. The Morgan fingerprint density at radius 3 is 2.67 bits per heavy atom. The molecule has 0 saturated heterocycles. The predicted molar refractivity (Wildman–Crippen MR) is 73.7 cm³/mol. The van der Waals surface area contributed by atoms with E-state index < -0.39 is 0 Å². The molecule has 0 amide bonds. The van der Waals surface area contributed by atoms with Crippen molar-refractivity contribution in [1.29, 1.82) is 0 Å². The van der Waals surface area contributed by atoms with Crippen molar-refractivity contribution < 1.29 is 5.11 Å². The van der Waals surface area contributed by atoms with E-state index in [4.69, 9.17) is 0 Å². The minimum Gasteiger partial charge on any atom is -0.506 e. The van der Waals surface area contributed by atoms with Crippen LogP contribution in [0.3, 0.4) is 0 Å². The number of aromatic nitrogens is 1. The van der Waals surface area contributed by atoms with Gasteiger partial charge in [0.1, 0.15) is 5.75 Å². The molecule has 3 nitrogen and oxygen atoms in total. The van der Waals surface area contributed by atoms with E-state index in [0.717, 1.165) is 11.2 Å². The zero-order chi connectivity index (χ0) is 12.4. The molecule has 0 bridgehead atoms. The van der Waals surface area contributed by atoms with Crippen LogP contribution in [0, 0.1) is 0 Å². The summed E-state index contributed by atoms with van der Waals surface area (Å²) >= 11 is 0. The SMILES string of the molecule is Oc1ccccc1NCc1c[nH]c2ccccc12. The van der Waals surface area contributed by atoms with Crippen LogP contribution in [-0.2, 0) is 6.54 Å². The van der Waals surface area contributed by atoms with Crippen molar-refractivity contribution in [1.82, 2.24) is 4.98 Å². The average molecular weight is 238 g/mol. The van der Waals surface area contributed by atoms with Crippen LogP contribution in [0.2, 0.25) is 0 Å². The van der Waals surface area contributed by atoms with E-state index in [1.54, 1.807) is 6.07 Å². The maximum atomic E-state index is 9.68. The number of anilines is 1. The maximum absolute atomic E-state index is 9.68. The number of phenolic OH excluding ortho intramolecular Hbond substituents is 1. The first-order valence-electron chi connectivity index (χ1n) is 5.91. The van der Waals surface area contributed by atoms with Crippen molar-refractivity contribution in [2.75, 3.05) is 5.32 Å². The van der Waals surface area contributed by atoms with Crippen LogP contribution in [-0.4, -0.2) is 10.1 Å². The summed E-state index contributed by atoms with van der Waals surface area (Å²) in [5.41, 5.74) is 3.07. The highest BCUT2D eigenvalue weighted by molar-refractivity contribution is 5.83. The number of para-hydroxylation sites is 3. The summed E-state index contributed by atoms with van der Waals surface area (Å²) in [6.07, 6.45) is 2.00. The lowest BCUT2D eigenvalue weighted by Gasteiger charge is -2.07. The molecule has 2 aromatic carbocycles. The molecular formula is C15H14N2O. The van der Waals surface area contributed by atoms with E-state index in [1.807, 2.05) is 36.5 Å². The summed E-state index contributed by atoms with van der Waals surface area (Å²) in [5.74, 6) is 0.275. The minimum atomic E-state index is 0.275. The molecule has 1 aromatic heterocycles. The Labute approximate surface area is 105 Å². The Balaban J connectivity index is 1.83. The van der Waals surface area contributed by atoms with Crippen molar-refractivity contribution in [2.45, 2.75) is 6.54 Å².